The van der Waals surface area contributed by atoms with Crippen molar-refractivity contribution < 1.29 is 0 Å². The molecule has 2 aliphatic carbocycles. The Morgan fingerprint density at radius 2 is 1.19 bits per heavy atom. The zero-order valence-corrected chi connectivity index (χ0v) is 33.8. The van der Waals surface area contributed by atoms with Crippen molar-refractivity contribution in [3.63, 3.8) is 0 Å². The average Bonchev–Trinajstić information content (AvgIpc) is 3.47. The van der Waals surface area contributed by atoms with Crippen LogP contribution in [0.15, 0.2) is 193 Å². The van der Waals surface area contributed by atoms with E-state index in [2.05, 4.69) is 220 Å². The summed E-state index contributed by atoms with van der Waals surface area (Å²) >= 11 is 0. The summed E-state index contributed by atoms with van der Waals surface area (Å²) < 4.78 is 0. The molecule has 0 radical (unpaired) electrons. The molecule has 3 aliphatic rings. The van der Waals surface area contributed by atoms with Crippen molar-refractivity contribution in [3.05, 3.63) is 232 Å². The summed E-state index contributed by atoms with van der Waals surface area (Å²) in [6.45, 7) is 9.34. The Bertz CT molecular complexity index is 2780. The minimum Gasteiger partial charge on any atom is -0.314 e. The van der Waals surface area contributed by atoms with Gasteiger partial charge in [-0.25, -0.2) is 0 Å². The lowest BCUT2D eigenvalue weighted by Crippen LogP contribution is -2.20. The molecule has 0 aromatic heterocycles. The molecular weight excluding hydrogens is 701 g/mol. The first-order chi connectivity index (χ1) is 28.3. The Morgan fingerprint density at radius 1 is 0.517 bits per heavy atom. The first kappa shape index (κ1) is 35.8. The number of hydrogen-bond acceptors (Lipinski definition) is 2. The van der Waals surface area contributed by atoms with Gasteiger partial charge in [0.05, 0.1) is 0 Å². The fraction of sp³-hybridized carbons (Fsp3) is 0.143. The van der Waals surface area contributed by atoms with Crippen molar-refractivity contribution in [2.75, 3.05) is 9.80 Å². The maximum absolute atomic E-state index is 2.50. The third kappa shape index (κ3) is 6.12. The summed E-state index contributed by atoms with van der Waals surface area (Å²) in [6, 6.07) is 62.6. The van der Waals surface area contributed by atoms with Crippen LogP contribution in [0.5, 0.6) is 0 Å². The van der Waals surface area contributed by atoms with Crippen LogP contribution in [0, 0.1) is 6.92 Å². The van der Waals surface area contributed by atoms with Gasteiger partial charge in [0.15, 0.2) is 0 Å². The molecule has 7 aromatic rings. The second-order valence-corrected chi connectivity index (χ2v) is 16.6. The Hall–Kier alpha value is -6.64. The lowest BCUT2D eigenvalue weighted by atomic mass is 9.81. The van der Waals surface area contributed by atoms with E-state index in [0.29, 0.717) is 0 Å². The van der Waals surface area contributed by atoms with Gasteiger partial charge in [0, 0.05) is 46.0 Å². The van der Waals surface area contributed by atoms with Crippen molar-refractivity contribution >= 4 is 39.6 Å². The number of allylic oxidation sites excluding steroid dienone is 5. The van der Waals surface area contributed by atoms with Gasteiger partial charge in [0.25, 0.3) is 0 Å². The molecule has 0 fully saturated rings. The van der Waals surface area contributed by atoms with Crippen molar-refractivity contribution in [2.24, 2.45) is 0 Å². The van der Waals surface area contributed by atoms with Gasteiger partial charge in [0.1, 0.15) is 0 Å². The SMILES string of the molecule is CC1=C(c2ccccc2C)c2ccc(N(C3=CC=C(c4ccccc4)CC3)c3ccc(-c4ccc5c(c4)Cc4ccccc4N5c4ccccc4)cc3)cc2C1(C)C. The van der Waals surface area contributed by atoms with Gasteiger partial charge in [-0.15, -0.1) is 0 Å². The average molecular weight is 749 g/mol. The third-order valence-corrected chi connectivity index (χ3v) is 12.9. The van der Waals surface area contributed by atoms with Crippen LogP contribution >= 0.6 is 0 Å². The van der Waals surface area contributed by atoms with Crippen LogP contribution in [0.25, 0.3) is 22.3 Å². The molecule has 2 heteroatoms. The lowest BCUT2D eigenvalue weighted by Gasteiger charge is -2.34. The summed E-state index contributed by atoms with van der Waals surface area (Å²) in [7, 11) is 0. The van der Waals surface area contributed by atoms with Crippen LogP contribution in [-0.4, -0.2) is 0 Å². The molecule has 0 saturated heterocycles. The highest BCUT2D eigenvalue weighted by Crippen LogP contribution is 2.51. The molecular formula is C56H48N2. The summed E-state index contributed by atoms with van der Waals surface area (Å²) in [6.07, 6.45) is 7.55. The van der Waals surface area contributed by atoms with Crippen LogP contribution in [0.3, 0.4) is 0 Å². The molecule has 0 bridgehead atoms. The highest BCUT2D eigenvalue weighted by atomic mass is 15.2. The molecule has 0 spiro atoms. The van der Waals surface area contributed by atoms with E-state index in [1.807, 2.05) is 0 Å². The maximum atomic E-state index is 2.50. The first-order valence-electron chi connectivity index (χ1n) is 20.7. The van der Waals surface area contributed by atoms with E-state index in [0.717, 1.165) is 19.3 Å². The highest BCUT2D eigenvalue weighted by Gasteiger charge is 2.37. The number of nitrogens with zero attached hydrogens (tertiary/aromatic N) is 2. The van der Waals surface area contributed by atoms with Crippen LogP contribution in [-0.2, 0) is 11.8 Å². The van der Waals surface area contributed by atoms with Crippen LogP contribution in [0.4, 0.5) is 28.4 Å². The van der Waals surface area contributed by atoms with E-state index in [1.165, 1.54) is 101 Å². The fourth-order valence-electron chi connectivity index (χ4n) is 9.51. The molecule has 0 unspecified atom stereocenters. The second kappa shape index (κ2) is 14.4. The maximum Gasteiger partial charge on any atom is 0.0497 e. The van der Waals surface area contributed by atoms with Gasteiger partial charge >= 0.3 is 0 Å². The van der Waals surface area contributed by atoms with Crippen LogP contribution in [0.2, 0.25) is 0 Å². The fourth-order valence-corrected chi connectivity index (χ4v) is 9.51. The number of hydrogen-bond donors (Lipinski definition) is 0. The largest absolute Gasteiger partial charge is 0.314 e. The third-order valence-electron chi connectivity index (χ3n) is 12.9. The number of benzene rings is 7. The molecule has 7 aromatic carbocycles. The molecule has 1 aliphatic heterocycles. The molecule has 2 nitrogen and oxygen atoms in total. The van der Waals surface area contributed by atoms with Crippen LogP contribution in [0.1, 0.15) is 72.6 Å². The zero-order chi connectivity index (χ0) is 39.4. The van der Waals surface area contributed by atoms with Gasteiger partial charge in [0.2, 0.25) is 0 Å². The number of rotatable bonds is 7. The molecule has 0 amide bonds. The molecule has 1 heterocycles. The number of fused-ring (bicyclic) bond motifs is 3. The molecule has 0 N–H and O–H groups in total. The minimum absolute atomic E-state index is 0.0944. The summed E-state index contributed by atoms with van der Waals surface area (Å²) in [5.74, 6) is 0. The second-order valence-electron chi connectivity index (χ2n) is 16.6. The Morgan fingerprint density at radius 3 is 1.95 bits per heavy atom. The molecule has 0 saturated carbocycles. The van der Waals surface area contributed by atoms with E-state index in [9.17, 15) is 0 Å². The van der Waals surface area contributed by atoms with Gasteiger partial charge in [-0.05, 0) is 149 Å². The van der Waals surface area contributed by atoms with E-state index in [-0.39, 0.29) is 5.41 Å². The van der Waals surface area contributed by atoms with E-state index >= 15 is 0 Å². The summed E-state index contributed by atoms with van der Waals surface area (Å²) in [4.78, 5) is 4.91. The molecule has 0 atom stereocenters. The highest BCUT2D eigenvalue weighted by molar-refractivity contribution is 5.92. The van der Waals surface area contributed by atoms with Gasteiger partial charge in [-0.1, -0.05) is 141 Å². The Kier molecular flexibility index (Phi) is 8.87. The van der Waals surface area contributed by atoms with Crippen molar-refractivity contribution in [1.82, 2.24) is 0 Å². The van der Waals surface area contributed by atoms with Crippen molar-refractivity contribution in [1.29, 1.82) is 0 Å². The Labute approximate surface area is 343 Å². The van der Waals surface area contributed by atoms with Gasteiger partial charge in [-0.2, -0.15) is 0 Å². The smallest absolute Gasteiger partial charge is 0.0497 e. The summed E-state index contributed by atoms with van der Waals surface area (Å²) in [5.41, 5.74) is 23.3. The monoisotopic (exact) mass is 748 g/mol. The molecule has 58 heavy (non-hydrogen) atoms. The lowest BCUT2D eigenvalue weighted by molar-refractivity contribution is 0.639. The topological polar surface area (TPSA) is 6.48 Å². The van der Waals surface area contributed by atoms with E-state index < -0.39 is 0 Å². The van der Waals surface area contributed by atoms with Gasteiger partial charge < -0.3 is 9.80 Å². The van der Waals surface area contributed by atoms with Crippen molar-refractivity contribution in [3.8, 4) is 11.1 Å². The predicted molar refractivity (Wildman–Crippen MR) is 246 cm³/mol. The summed E-state index contributed by atoms with van der Waals surface area (Å²) in [5, 5.41) is 0. The molecule has 282 valence electrons. The normalized spacial score (nSPS) is 15.3. The molecule has 10 rings (SSSR count). The van der Waals surface area contributed by atoms with E-state index in [1.54, 1.807) is 0 Å². The van der Waals surface area contributed by atoms with Gasteiger partial charge in [-0.3, -0.25) is 0 Å². The van der Waals surface area contributed by atoms with Crippen LogP contribution < -0.4 is 9.80 Å². The first-order valence-corrected chi connectivity index (χ1v) is 20.7. The zero-order valence-electron chi connectivity index (χ0n) is 33.8. The van der Waals surface area contributed by atoms with E-state index in [4.69, 9.17) is 0 Å². The Balaban J connectivity index is 1.04. The number of aryl methyl sites for hydroxylation is 1. The van der Waals surface area contributed by atoms with Crippen molar-refractivity contribution in [2.45, 2.75) is 52.4 Å². The standard InChI is InChI=1S/C56H48N2/c1-38-15-11-13-21-50(38)55-39(2)56(3,4)52-37-49(32-33-51(52)55)57(47-28-23-41(24-29-47)40-16-7-5-8-17-40)48-30-25-42(26-31-48)43-27-34-54-45(35-43)36-44-18-12-14-22-53(44)58(54)46-19-9-6-10-20-46/h5-23,25-28,30-35,37H,24,29,36H2,1-4H3. The predicted octanol–water partition coefficient (Wildman–Crippen LogP) is 15.0. The number of para-hydroxylation sites is 2. The minimum atomic E-state index is -0.0944. The quantitative estimate of drug-likeness (QED) is 0.160. The number of anilines is 5.